The summed E-state index contributed by atoms with van der Waals surface area (Å²) in [5, 5.41) is 0. The van der Waals surface area contributed by atoms with E-state index in [4.69, 9.17) is 10.5 Å². The van der Waals surface area contributed by atoms with Gasteiger partial charge in [0.15, 0.2) is 19.1 Å². The van der Waals surface area contributed by atoms with Gasteiger partial charge in [0.25, 0.3) is 7.82 Å². The Balaban J connectivity index is -0.00000182. The first-order chi connectivity index (χ1) is 11.9. The molecule has 30 heavy (non-hydrogen) atoms. The van der Waals surface area contributed by atoms with Crippen LogP contribution in [-0.2, 0) is 33.6 Å². The topological polar surface area (TPSA) is 241 Å². The van der Waals surface area contributed by atoms with Gasteiger partial charge >= 0.3 is 118 Å². The molecule has 2 aromatic heterocycles. The van der Waals surface area contributed by atoms with Gasteiger partial charge in [-0.25, -0.2) is 15.0 Å². The Morgan fingerprint density at radius 3 is 2.13 bits per heavy atom. The molecule has 0 saturated carbocycles. The van der Waals surface area contributed by atoms with Gasteiger partial charge in [0.2, 0.25) is 0 Å². The number of aromatic nitrogens is 4. The van der Waals surface area contributed by atoms with Crippen LogP contribution >= 0.6 is 23.2 Å². The van der Waals surface area contributed by atoms with Crippen LogP contribution in [0.2, 0.25) is 0 Å². The van der Waals surface area contributed by atoms with Crippen molar-refractivity contribution in [1.82, 2.24) is 19.5 Å². The number of nitrogen functional groups attached to an aromatic ring is 1. The number of fused-ring (bicyclic) bond motifs is 1. The van der Waals surface area contributed by atoms with Gasteiger partial charge in [-0.15, -0.1) is 0 Å². The molecule has 0 amide bonds. The Kier molecular flexibility index (Phi) is 19.5. The standard InChI is InChI=1S/C8H14N5O10P3.4Na/c9-7-6-8(11-3-10-7)13(4-12-6)1-2-21-5-24(14,15)22-26(19,20)23-25(16,17)18;;;;/h3-4H,1-2,5H2,(H,14,15)(H,19,20)(H2,9,10,11)(H2,16,17,18);;;;/q;4*+1/p-4. The van der Waals surface area contributed by atoms with Gasteiger partial charge in [-0.1, -0.05) is 0 Å². The molecule has 146 valence electrons. The van der Waals surface area contributed by atoms with E-state index in [2.05, 4.69) is 23.6 Å². The van der Waals surface area contributed by atoms with Crippen LogP contribution in [0.25, 0.3) is 11.2 Å². The molecule has 2 N–H and O–H groups in total. The van der Waals surface area contributed by atoms with Crippen LogP contribution in [0, 0.1) is 0 Å². The van der Waals surface area contributed by atoms with Crippen molar-refractivity contribution in [1.29, 1.82) is 0 Å². The average molecular weight is 521 g/mol. The normalized spacial score (nSPS) is 14.8. The monoisotopic (exact) mass is 521 g/mol. The number of nitrogens with zero attached hydrogens (tertiary/aromatic N) is 4. The third kappa shape index (κ3) is 13.0. The van der Waals surface area contributed by atoms with Crippen molar-refractivity contribution in [3.63, 3.8) is 0 Å². The number of anilines is 1. The van der Waals surface area contributed by atoms with Gasteiger partial charge in [0.05, 0.1) is 20.8 Å². The predicted molar refractivity (Wildman–Crippen MR) is 75.5 cm³/mol. The summed E-state index contributed by atoms with van der Waals surface area (Å²) in [6.45, 7) is -0.175. The van der Waals surface area contributed by atoms with Gasteiger partial charge in [0.1, 0.15) is 18.2 Å². The summed E-state index contributed by atoms with van der Waals surface area (Å²) < 4.78 is 45.5. The molecular formula is C8H10N5Na4O10P3. The molecule has 0 aromatic carbocycles. The quantitative estimate of drug-likeness (QED) is 0.183. The van der Waals surface area contributed by atoms with E-state index in [9.17, 15) is 33.3 Å². The van der Waals surface area contributed by atoms with Crippen molar-refractivity contribution in [2.45, 2.75) is 6.54 Å². The molecule has 0 spiro atoms. The van der Waals surface area contributed by atoms with Crippen LogP contribution in [0.4, 0.5) is 5.82 Å². The summed E-state index contributed by atoms with van der Waals surface area (Å²) in [5.41, 5.74) is 6.29. The molecule has 0 aliphatic carbocycles. The van der Waals surface area contributed by atoms with E-state index in [-0.39, 0.29) is 137 Å². The number of imidazole rings is 1. The summed E-state index contributed by atoms with van der Waals surface area (Å²) in [7, 11) is -17.1. The molecule has 0 bridgehead atoms. The van der Waals surface area contributed by atoms with Crippen molar-refractivity contribution >= 4 is 40.2 Å². The Bertz CT molecular complexity index is 944. The summed E-state index contributed by atoms with van der Waals surface area (Å²) in [4.78, 5) is 54.5. The maximum Gasteiger partial charge on any atom is 1.00 e. The van der Waals surface area contributed by atoms with Gasteiger partial charge in [-0.05, 0) is 0 Å². The van der Waals surface area contributed by atoms with Crippen LogP contribution in [-0.4, -0.2) is 32.5 Å². The predicted octanol–water partition coefficient (Wildman–Crippen LogP) is -14.7. The van der Waals surface area contributed by atoms with E-state index in [1.54, 1.807) is 0 Å². The number of hydrogen-bond acceptors (Lipinski definition) is 14. The molecule has 2 aromatic rings. The largest absolute Gasteiger partial charge is 1.00 e. The second-order valence-corrected chi connectivity index (χ2v) is 9.15. The molecule has 2 unspecified atom stereocenters. The minimum absolute atomic E-state index is 0. The van der Waals surface area contributed by atoms with Crippen LogP contribution in [0.5, 0.6) is 0 Å². The summed E-state index contributed by atoms with van der Waals surface area (Å²) in [6.07, 6.45) is 1.33. The van der Waals surface area contributed by atoms with E-state index < -0.39 is 29.6 Å². The Morgan fingerprint density at radius 2 is 1.57 bits per heavy atom. The zero-order valence-corrected chi connectivity index (χ0v) is 27.2. The van der Waals surface area contributed by atoms with Gasteiger partial charge in [-0.3, -0.25) is 13.2 Å². The Labute approximate surface area is 258 Å². The third-order valence-corrected chi connectivity index (χ3v) is 6.47. The third-order valence-electron chi connectivity index (χ3n) is 2.58. The molecule has 2 atom stereocenters. The van der Waals surface area contributed by atoms with E-state index in [0.717, 1.165) is 0 Å². The van der Waals surface area contributed by atoms with E-state index >= 15 is 0 Å². The summed E-state index contributed by atoms with van der Waals surface area (Å²) in [5.74, 6) is 0.146. The first kappa shape index (κ1) is 37.3. The molecule has 0 aliphatic heterocycles. The molecule has 22 heteroatoms. The molecule has 15 nitrogen and oxygen atoms in total. The molecule has 0 radical (unpaired) electrons. The number of rotatable bonds is 9. The number of phosphoric acid groups is 2. The first-order valence-electron chi connectivity index (χ1n) is 6.43. The van der Waals surface area contributed by atoms with E-state index in [0.29, 0.717) is 11.2 Å². The zero-order chi connectivity index (χ0) is 19.6. The number of nitrogens with two attached hydrogens (primary N) is 1. The fourth-order valence-corrected chi connectivity index (χ4v) is 4.84. The smallest absolute Gasteiger partial charge is 0.790 e. The minimum atomic E-state index is -6.00. The Morgan fingerprint density at radius 1 is 0.967 bits per heavy atom. The molecule has 0 saturated heterocycles. The van der Waals surface area contributed by atoms with E-state index in [1.807, 2.05) is 0 Å². The summed E-state index contributed by atoms with van der Waals surface area (Å²) in [6, 6.07) is 0. The maximum absolute atomic E-state index is 11.4. The van der Waals surface area contributed by atoms with Crippen molar-refractivity contribution < 1.29 is 165 Å². The summed E-state index contributed by atoms with van der Waals surface area (Å²) >= 11 is 0. The molecule has 0 aliphatic rings. The Hall–Kier alpha value is 2.76. The SMILES string of the molecule is Nc1ncnc2c1ncn2CCOCP(=O)([O-])OP(=O)([O-])OP(=O)([O-])[O-].[Na+].[Na+].[Na+].[Na+]. The maximum atomic E-state index is 11.4. The molecule has 0 fully saturated rings. The van der Waals surface area contributed by atoms with E-state index in [1.165, 1.54) is 17.2 Å². The average Bonchev–Trinajstić information content (AvgIpc) is 2.84. The van der Waals surface area contributed by atoms with Gasteiger partial charge < -0.3 is 43.7 Å². The molecule has 2 rings (SSSR count). The van der Waals surface area contributed by atoms with Crippen molar-refractivity contribution in [2.75, 3.05) is 18.7 Å². The van der Waals surface area contributed by atoms with Crippen LogP contribution in [0.3, 0.4) is 0 Å². The van der Waals surface area contributed by atoms with Gasteiger partial charge in [-0.2, -0.15) is 0 Å². The molecular weight excluding hydrogens is 511 g/mol. The number of ether oxygens (including phenoxy) is 1. The van der Waals surface area contributed by atoms with Gasteiger partial charge in [0, 0.05) is 6.54 Å². The van der Waals surface area contributed by atoms with Crippen molar-refractivity contribution in [2.24, 2.45) is 0 Å². The van der Waals surface area contributed by atoms with Crippen LogP contribution in [0.15, 0.2) is 12.7 Å². The second kappa shape index (κ2) is 15.7. The fourth-order valence-electron chi connectivity index (χ4n) is 1.71. The van der Waals surface area contributed by atoms with Crippen molar-refractivity contribution in [3.05, 3.63) is 12.7 Å². The number of hydrogen-bond donors (Lipinski definition) is 1. The molecule has 2 heterocycles. The fraction of sp³-hybridized carbons (Fsp3) is 0.375. The second-order valence-electron chi connectivity index (χ2n) is 4.58. The first-order valence-corrected chi connectivity index (χ1v) is 11.1. The van der Waals surface area contributed by atoms with Crippen LogP contribution in [0.1, 0.15) is 0 Å². The minimum Gasteiger partial charge on any atom is -0.790 e. The van der Waals surface area contributed by atoms with Crippen molar-refractivity contribution in [3.8, 4) is 0 Å². The van der Waals surface area contributed by atoms with Crippen LogP contribution < -0.4 is 144 Å². The zero-order valence-electron chi connectivity index (χ0n) is 16.6.